The molecule has 0 bridgehead atoms. The Balaban J connectivity index is 1.33. The second-order valence-corrected chi connectivity index (χ2v) is 8.60. The topological polar surface area (TPSA) is 93.4 Å². The number of aromatic nitrogens is 1. The van der Waals surface area contributed by atoms with E-state index in [2.05, 4.69) is 20.6 Å². The number of pyridine rings is 1. The SMILES string of the molecule is N#CNC(=NCCCCCCC1CCN(C(=O)c2cccs2)C1)Nc1c(F)cncc1F. The number of unbranched alkanes of at least 4 members (excludes halogenated alkanes) is 3. The fraction of sp³-hybridized carbons (Fsp3) is 0.455. The summed E-state index contributed by atoms with van der Waals surface area (Å²) in [5.41, 5.74) is -0.398. The van der Waals surface area contributed by atoms with Crippen LogP contribution in [0.2, 0.25) is 0 Å². The Kier molecular flexibility index (Phi) is 8.92. The average Bonchev–Trinajstić information content (AvgIpc) is 3.47. The van der Waals surface area contributed by atoms with Gasteiger partial charge in [-0.15, -0.1) is 11.3 Å². The molecule has 1 saturated heterocycles. The summed E-state index contributed by atoms with van der Waals surface area (Å²) in [6, 6.07) is 3.78. The van der Waals surface area contributed by atoms with Gasteiger partial charge < -0.3 is 10.2 Å². The minimum absolute atomic E-state index is 0.00189. The Labute approximate surface area is 190 Å². The molecule has 2 aromatic heterocycles. The van der Waals surface area contributed by atoms with Crippen LogP contribution in [0.4, 0.5) is 14.5 Å². The number of rotatable bonds is 9. The maximum absolute atomic E-state index is 13.7. The number of nitriles is 1. The van der Waals surface area contributed by atoms with Crippen LogP contribution in [0.1, 0.15) is 48.2 Å². The Hall–Kier alpha value is -3.06. The van der Waals surface area contributed by atoms with E-state index >= 15 is 0 Å². The third-order valence-corrected chi connectivity index (χ3v) is 6.22. The van der Waals surface area contributed by atoms with E-state index in [1.54, 1.807) is 6.19 Å². The number of guanidine groups is 1. The van der Waals surface area contributed by atoms with E-state index in [9.17, 15) is 13.6 Å². The molecule has 1 aliphatic heterocycles. The summed E-state index contributed by atoms with van der Waals surface area (Å²) < 4.78 is 27.4. The number of anilines is 1. The van der Waals surface area contributed by atoms with Crippen molar-refractivity contribution < 1.29 is 13.6 Å². The summed E-state index contributed by atoms with van der Waals surface area (Å²) in [7, 11) is 0. The molecule has 1 atom stereocenters. The van der Waals surface area contributed by atoms with Crippen molar-refractivity contribution in [3.8, 4) is 6.19 Å². The highest BCUT2D eigenvalue weighted by Gasteiger charge is 2.26. The number of nitrogens with zero attached hydrogens (tertiary/aromatic N) is 4. The zero-order valence-electron chi connectivity index (χ0n) is 17.7. The summed E-state index contributed by atoms with van der Waals surface area (Å²) in [6.45, 7) is 2.09. The zero-order chi connectivity index (χ0) is 22.8. The van der Waals surface area contributed by atoms with Gasteiger partial charge in [-0.05, 0) is 36.6 Å². The van der Waals surface area contributed by atoms with Crippen LogP contribution in [0.5, 0.6) is 0 Å². The second kappa shape index (κ2) is 12.1. The van der Waals surface area contributed by atoms with Gasteiger partial charge in [-0.25, -0.2) is 8.78 Å². The van der Waals surface area contributed by atoms with Crippen LogP contribution in [0.25, 0.3) is 0 Å². The van der Waals surface area contributed by atoms with Gasteiger partial charge in [0.05, 0.1) is 17.3 Å². The van der Waals surface area contributed by atoms with Crippen molar-refractivity contribution in [3.63, 3.8) is 0 Å². The first-order chi connectivity index (χ1) is 15.6. The van der Waals surface area contributed by atoms with Crippen LogP contribution >= 0.6 is 11.3 Å². The molecular weight excluding hydrogens is 434 g/mol. The summed E-state index contributed by atoms with van der Waals surface area (Å²) in [6.07, 6.45) is 9.53. The van der Waals surface area contributed by atoms with Crippen molar-refractivity contribution in [2.45, 2.75) is 38.5 Å². The molecule has 1 fully saturated rings. The third-order valence-electron chi connectivity index (χ3n) is 5.37. The van der Waals surface area contributed by atoms with Crippen LogP contribution < -0.4 is 10.6 Å². The molecule has 0 saturated carbocycles. The molecule has 3 rings (SSSR count). The minimum atomic E-state index is -0.861. The van der Waals surface area contributed by atoms with E-state index in [1.807, 2.05) is 22.4 Å². The first kappa shape index (κ1) is 23.6. The summed E-state index contributed by atoms with van der Waals surface area (Å²) in [4.78, 5) is 22.8. The first-order valence-electron chi connectivity index (χ1n) is 10.7. The number of hydrogen-bond donors (Lipinski definition) is 2. The molecule has 0 radical (unpaired) electrons. The number of nitrogens with one attached hydrogen (secondary N) is 2. The van der Waals surface area contributed by atoms with Crippen LogP contribution in [-0.4, -0.2) is 41.4 Å². The highest BCUT2D eigenvalue weighted by Crippen LogP contribution is 2.25. The lowest BCUT2D eigenvalue weighted by Crippen LogP contribution is -2.28. The number of likely N-dealkylation sites (tertiary alicyclic amines) is 1. The van der Waals surface area contributed by atoms with E-state index in [0.717, 1.165) is 68.9 Å². The lowest BCUT2D eigenvalue weighted by Gasteiger charge is -2.15. The fourth-order valence-electron chi connectivity index (χ4n) is 3.71. The molecule has 2 aromatic rings. The summed E-state index contributed by atoms with van der Waals surface area (Å²) in [5.74, 6) is -1.03. The van der Waals surface area contributed by atoms with Crippen molar-refractivity contribution in [3.05, 3.63) is 46.4 Å². The monoisotopic (exact) mass is 460 g/mol. The molecule has 10 heteroatoms. The maximum atomic E-state index is 13.7. The third kappa shape index (κ3) is 6.72. The quantitative estimate of drug-likeness (QED) is 0.191. The first-order valence-corrected chi connectivity index (χ1v) is 11.5. The van der Waals surface area contributed by atoms with E-state index in [1.165, 1.54) is 11.3 Å². The Bertz CT molecular complexity index is 940. The Morgan fingerprint density at radius 3 is 2.78 bits per heavy atom. The second-order valence-electron chi connectivity index (χ2n) is 7.66. The van der Waals surface area contributed by atoms with E-state index < -0.39 is 17.3 Å². The summed E-state index contributed by atoms with van der Waals surface area (Å²) >= 11 is 1.49. The highest BCUT2D eigenvalue weighted by atomic mass is 32.1. The molecule has 7 nitrogen and oxygen atoms in total. The lowest BCUT2D eigenvalue weighted by molar-refractivity contribution is 0.0791. The molecule has 32 heavy (non-hydrogen) atoms. The highest BCUT2D eigenvalue weighted by molar-refractivity contribution is 7.12. The smallest absolute Gasteiger partial charge is 0.263 e. The molecule has 0 spiro atoms. The van der Waals surface area contributed by atoms with Gasteiger partial charge in [-0.3, -0.25) is 20.1 Å². The van der Waals surface area contributed by atoms with Gasteiger partial charge >= 0.3 is 0 Å². The standard InChI is InChI=1S/C22H26F2N6OS/c23-17-12-26-13-18(24)20(17)29-22(28-15-25)27-9-4-2-1-3-6-16-8-10-30(14-16)21(31)19-7-5-11-32-19/h5,7,11-13,16H,1-4,6,8-10,14H2,(H2,26,27,28,29). The van der Waals surface area contributed by atoms with Crippen molar-refractivity contribution >= 4 is 28.9 Å². The molecule has 0 aromatic carbocycles. The van der Waals surface area contributed by atoms with Crippen molar-refractivity contribution in [1.82, 2.24) is 15.2 Å². The van der Waals surface area contributed by atoms with Crippen molar-refractivity contribution in [2.24, 2.45) is 10.9 Å². The Morgan fingerprint density at radius 1 is 1.28 bits per heavy atom. The van der Waals surface area contributed by atoms with E-state index in [0.29, 0.717) is 12.5 Å². The van der Waals surface area contributed by atoms with Crippen LogP contribution in [-0.2, 0) is 0 Å². The molecule has 170 valence electrons. The van der Waals surface area contributed by atoms with Crippen LogP contribution in [0.3, 0.4) is 0 Å². The van der Waals surface area contributed by atoms with Gasteiger partial charge in [0.25, 0.3) is 5.91 Å². The van der Waals surface area contributed by atoms with Crippen molar-refractivity contribution in [1.29, 1.82) is 5.26 Å². The summed E-state index contributed by atoms with van der Waals surface area (Å²) in [5, 5.41) is 15.5. The molecule has 1 aliphatic rings. The van der Waals surface area contributed by atoms with Gasteiger partial charge in [0, 0.05) is 19.6 Å². The van der Waals surface area contributed by atoms with Gasteiger partial charge in [0.2, 0.25) is 5.96 Å². The Morgan fingerprint density at radius 2 is 2.06 bits per heavy atom. The maximum Gasteiger partial charge on any atom is 0.263 e. The van der Waals surface area contributed by atoms with E-state index in [4.69, 9.17) is 5.26 Å². The average molecular weight is 461 g/mol. The molecule has 3 heterocycles. The molecule has 0 aliphatic carbocycles. The van der Waals surface area contributed by atoms with Gasteiger partial charge in [-0.1, -0.05) is 25.3 Å². The molecule has 1 amide bonds. The number of thiophene rings is 1. The number of carbonyl (C=O) groups is 1. The van der Waals surface area contributed by atoms with Gasteiger partial charge in [0.15, 0.2) is 17.8 Å². The minimum Gasteiger partial charge on any atom is -0.338 e. The number of amides is 1. The van der Waals surface area contributed by atoms with Gasteiger partial charge in [-0.2, -0.15) is 5.26 Å². The van der Waals surface area contributed by atoms with Gasteiger partial charge in [0.1, 0.15) is 5.69 Å². The van der Waals surface area contributed by atoms with E-state index in [-0.39, 0.29) is 11.9 Å². The van der Waals surface area contributed by atoms with Crippen molar-refractivity contribution in [2.75, 3.05) is 25.0 Å². The zero-order valence-corrected chi connectivity index (χ0v) is 18.5. The molecule has 2 N–H and O–H groups in total. The lowest BCUT2D eigenvalue weighted by atomic mass is 10.00. The number of aliphatic imine (C=N–C) groups is 1. The normalized spacial score (nSPS) is 16.1. The molecular formula is C22H26F2N6OS. The van der Waals surface area contributed by atoms with Crippen LogP contribution in [0.15, 0.2) is 34.9 Å². The number of carbonyl (C=O) groups excluding carboxylic acids is 1. The number of hydrogen-bond acceptors (Lipinski definition) is 5. The fourth-order valence-corrected chi connectivity index (χ4v) is 4.40. The predicted molar refractivity (Wildman–Crippen MR) is 120 cm³/mol. The number of halogens is 2. The van der Waals surface area contributed by atoms with Crippen LogP contribution in [0, 0.1) is 29.0 Å². The largest absolute Gasteiger partial charge is 0.338 e. The predicted octanol–water partition coefficient (Wildman–Crippen LogP) is 4.37. The molecule has 1 unspecified atom stereocenters.